The molecule has 1 aromatic heterocycles. The SMILES string of the molecule is O=C(O[C@H]1CCCCC1=O)c1ccc2noc(-c3ccccc3)c2c1. The fourth-order valence-electron chi connectivity index (χ4n) is 3.14. The summed E-state index contributed by atoms with van der Waals surface area (Å²) in [6.07, 6.45) is 2.26. The van der Waals surface area contributed by atoms with Crippen molar-refractivity contribution in [1.82, 2.24) is 5.16 Å². The fraction of sp³-hybridized carbons (Fsp3) is 0.250. The number of Topliss-reactive ketones (excluding diaryl/α,β-unsaturated/α-hetero) is 1. The highest BCUT2D eigenvalue weighted by Crippen LogP contribution is 2.29. The summed E-state index contributed by atoms with van der Waals surface area (Å²) in [6, 6.07) is 14.7. The first kappa shape index (κ1) is 15.6. The monoisotopic (exact) mass is 335 g/mol. The van der Waals surface area contributed by atoms with Gasteiger partial charge in [-0.25, -0.2) is 4.79 Å². The van der Waals surface area contributed by atoms with Gasteiger partial charge in [-0.1, -0.05) is 35.5 Å². The molecule has 5 heteroatoms. The highest BCUT2D eigenvalue weighted by Gasteiger charge is 2.26. The van der Waals surface area contributed by atoms with Gasteiger partial charge >= 0.3 is 5.97 Å². The highest BCUT2D eigenvalue weighted by molar-refractivity contribution is 5.99. The summed E-state index contributed by atoms with van der Waals surface area (Å²) < 4.78 is 10.9. The van der Waals surface area contributed by atoms with Crippen molar-refractivity contribution in [2.75, 3.05) is 0 Å². The molecule has 1 atom stereocenters. The number of ketones is 1. The number of esters is 1. The van der Waals surface area contributed by atoms with Crippen molar-refractivity contribution in [3.05, 3.63) is 54.1 Å². The van der Waals surface area contributed by atoms with Crippen LogP contribution in [0.4, 0.5) is 0 Å². The van der Waals surface area contributed by atoms with Gasteiger partial charge in [-0.2, -0.15) is 0 Å². The predicted molar refractivity (Wildman–Crippen MR) is 92.1 cm³/mol. The Morgan fingerprint density at radius 3 is 2.76 bits per heavy atom. The van der Waals surface area contributed by atoms with Crippen LogP contribution in [0, 0.1) is 0 Å². The minimum Gasteiger partial charge on any atom is -0.451 e. The largest absolute Gasteiger partial charge is 0.451 e. The van der Waals surface area contributed by atoms with Crippen LogP contribution in [-0.4, -0.2) is 23.0 Å². The van der Waals surface area contributed by atoms with Gasteiger partial charge in [0.25, 0.3) is 0 Å². The second-order valence-corrected chi connectivity index (χ2v) is 6.22. The number of hydrogen-bond donors (Lipinski definition) is 0. The van der Waals surface area contributed by atoms with Crippen LogP contribution >= 0.6 is 0 Å². The minimum atomic E-state index is -0.618. The predicted octanol–water partition coefficient (Wildman–Crippen LogP) is 4.16. The molecule has 0 spiro atoms. The molecular weight excluding hydrogens is 318 g/mol. The Balaban J connectivity index is 1.64. The maximum Gasteiger partial charge on any atom is 0.338 e. The number of carbonyl (C=O) groups excluding carboxylic acids is 2. The second kappa shape index (κ2) is 6.51. The summed E-state index contributed by atoms with van der Waals surface area (Å²) in [7, 11) is 0. The zero-order chi connectivity index (χ0) is 17.2. The topological polar surface area (TPSA) is 69.4 Å². The van der Waals surface area contributed by atoms with Gasteiger partial charge in [0.05, 0.1) is 10.9 Å². The molecule has 2 aromatic carbocycles. The molecule has 1 aliphatic carbocycles. The van der Waals surface area contributed by atoms with Gasteiger partial charge in [0, 0.05) is 12.0 Å². The highest BCUT2D eigenvalue weighted by atomic mass is 16.5. The summed E-state index contributed by atoms with van der Waals surface area (Å²) in [5, 5.41) is 4.79. The van der Waals surface area contributed by atoms with Crippen molar-refractivity contribution in [2.45, 2.75) is 31.8 Å². The zero-order valence-corrected chi connectivity index (χ0v) is 13.6. The van der Waals surface area contributed by atoms with Crippen LogP contribution in [0.5, 0.6) is 0 Å². The van der Waals surface area contributed by atoms with E-state index >= 15 is 0 Å². The molecule has 1 fully saturated rings. The Kier molecular flexibility index (Phi) is 4.06. The average Bonchev–Trinajstić information content (AvgIpc) is 3.07. The standard InChI is InChI=1S/C20H17NO4/c22-17-8-4-5-9-18(17)24-20(23)14-10-11-16-15(12-14)19(25-21-16)13-6-2-1-3-7-13/h1-3,6-7,10-12,18H,4-5,8-9H2/t18-/m0/s1. The zero-order valence-electron chi connectivity index (χ0n) is 13.6. The molecule has 0 saturated heterocycles. The van der Waals surface area contributed by atoms with Crippen molar-refractivity contribution < 1.29 is 18.8 Å². The lowest BCUT2D eigenvalue weighted by molar-refractivity contribution is -0.129. The molecule has 3 aromatic rings. The molecular formula is C20H17NO4. The lowest BCUT2D eigenvalue weighted by atomic mass is 9.96. The van der Waals surface area contributed by atoms with Gasteiger partial charge in [0.2, 0.25) is 0 Å². The number of fused-ring (bicyclic) bond motifs is 1. The van der Waals surface area contributed by atoms with E-state index in [1.54, 1.807) is 18.2 Å². The van der Waals surface area contributed by atoms with E-state index in [-0.39, 0.29) is 5.78 Å². The van der Waals surface area contributed by atoms with E-state index in [2.05, 4.69) is 5.16 Å². The Morgan fingerprint density at radius 2 is 1.96 bits per heavy atom. The van der Waals surface area contributed by atoms with Crippen LogP contribution in [0.15, 0.2) is 53.1 Å². The van der Waals surface area contributed by atoms with Crippen molar-refractivity contribution in [3.63, 3.8) is 0 Å². The van der Waals surface area contributed by atoms with Crippen LogP contribution in [-0.2, 0) is 9.53 Å². The third-order valence-electron chi connectivity index (χ3n) is 4.50. The van der Waals surface area contributed by atoms with Gasteiger partial charge < -0.3 is 9.26 Å². The summed E-state index contributed by atoms with van der Waals surface area (Å²) in [6.45, 7) is 0. The lowest BCUT2D eigenvalue weighted by Crippen LogP contribution is -2.30. The van der Waals surface area contributed by atoms with Crippen molar-refractivity contribution in [3.8, 4) is 11.3 Å². The molecule has 1 aliphatic rings. The molecule has 0 amide bonds. The summed E-state index contributed by atoms with van der Waals surface area (Å²) in [4.78, 5) is 24.3. The second-order valence-electron chi connectivity index (χ2n) is 6.22. The fourth-order valence-corrected chi connectivity index (χ4v) is 3.14. The molecule has 0 radical (unpaired) electrons. The Bertz CT molecular complexity index is 929. The summed E-state index contributed by atoms with van der Waals surface area (Å²) >= 11 is 0. The van der Waals surface area contributed by atoms with Gasteiger partial charge in [-0.3, -0.25) is 4.79 Å². The molecule has 0 bridgehead atoms. The third kappa shape index (κ3) is 3.05. The third-order valence-corrected chi connectivity index (χ3v) is 4.50. The van der Waals surface area contributed by atoms with Crippen molar-refractivity contribution in [1.29, 1.82) is 0 Å². The molecule has 0 N–H and O–H groups in total. The van der Waals surface area contributed by atoms with Gasteiger partial charge in [-0.05, 0) is 37.5 Å². The van der Waals surface area contributed by atoms with E-state index in [9.17, 15) is 9.59 Å². The summed E-state index contributed by atoms with van der Waals surface area (Å²) in [5.74, 6) is 0.136. The molecule has 1 saturated carbocycles. The number of benzene rings is 2. The molecule has 5 nitrogen and oxygen atoms in total. The average molecular weight is 335 g/mol. The smallest absolute Gasteiger partial charge is 0.338 e. The van der Waals surface area contributed by atoms with Crippen molar-refractivity contribution >= 4 is 22.7 Å². The number of hydrogen-bond acceptors (Lipinski definition) is 5. The van der Waals surface area contributed by atoms with E-state index in [1.165, 1.54) is 0 Å². The maximum absolute atomic E-state index is 12.4. The first-order chi connectivity index (χ1) is 12.2. The molecule has 25 heavy (non-hydrogen) atoms. The van der Waals surface area contributed by atoms with Gasteiger partial charge in [0.1, 0.15) is 5.52 Å². The Hall–Kier alpha value is -2.95. The van der Waals surface area contributed by atoms with Crippen LogP contribution in [0.3, 0.4) is 0 Å². The number of aromatic nitrogens is 1. The van der Waals surface area contributed by atoms with E-state index in [0.717, 1.165) is 23.8 Å². The quantitative estimate of drug-likeness (QED) is 0.672. The van der Waals surface area contributed by atoms with Crippen LogP contribution in [0.1, 0.15) is 36.0 Å². The number of ether oxygens (including phenoxy) is 1. The molecule has 0 aliphatic heterocycles. The van der Waals surface area contributed by atoms with Crippen LogP contribution in [0.25, 0.3) is 22.2 Å². The molecule has 0 unspecified atom stereocenters. The van der Waals surface area contributed by atoms with E-state index in [1.807, 2.05) is 30.3 Å². The van der Waals surface area contributed by atoms with E-state index in [0.29, 0.717) is 29.7 Å². The first-order valence-electron chi connectivity index (χ1n) is 8.41. The van der Waals surface area contributed by atoms with E-state index < -0.39 is 12.1 Å². The number of nitrogens with zero attached hydrogens (tertiary/aromatic N) is 1. The first-order valence-corrected chi connectivity index (χ1v) is 8.41. The van der Waals surface area contributed by atoms with Crippen LogP contribution < -0.4 is 0 Å². The van der Waals surface area contributed by atoms with Crippen molar-refractivity contribution in [2.24, 2.45) is 0 Å². The van der Waals surface area contributed by atoms with Gasteiger partial charge in [-0.15, -0.1) is 0 Å². The summed E-state index contributed by atoms with van der Waals surface area (Å²) in [5.41, 5.74) is 1.95. The van der Waals surface area contributed by atoms with Gasteiger partial charge in [0.15, 0.2) is 17.6 Å². The van der Waals surface area contributed by atoms with Crippen LogP contribution in [0.2, 0.25) is 0 Å². The molecule has 1 heterocycles. The normalized spacial score (nSPS) is 17.6. The lowest BCUT2D eigenvalue weighted by Gasteiger charge is -2.20. The molecule has 126 valence electrons. The minimum absolute atomic E-state index is 0.00984. The maximum atomic E-state index is 12.4. The Morgan fingerprint density at radius 1 is 1.12 bits per heavy atom. The molecule has 4 rings (SSSR count). The number of carbonyl (C=O) groups is 2. The number of rotatable bonds is 3. The van der Waals surface area contributed by atoms with E-state index in [4.69, 9.17) is 9.26 Å². The Labute approximate surface area is 144 Å².